The summed E-state index contributed by atoms with van der Waals surface area (Å²) >= 11 is 2.12. The first-order valence-corrected chi connectivity index (χ1v) is 5.72. The summed E-state index contributed by atoms with van der Waals surface area (Å²) in [5.41, 5.74) is 1.34. The van der Waals surface area contributed by atoms with Crippen molar-refractivity contribution in [1.82, 2.24) is 0 Å². The maximum Gasteiger partial charge on any atom is 0.335 e. The van der Waals surface area contributed by atoms with Gasteiger partial charge in [-0.1, -0.05) is 6.07 Å². The Balaban J connectivity index is 2.79. The van der Waals surface area contributed by atoms with Gasteiger partial charge in [0.25, 0.3) is 0 Å². The summed E-state index contributed by atoms with van der Waals surface area (Å²) < 4.78 is 6.38. The summed E-state index contributed by atoms with van der Waals surface area (Å²) in [5.74, 6) is -0.899. The van der Waals surface area contributed by atoms with Crippen LogP contribution < -0.4 is 0 Å². The molecular formula is C11H13IO3. The van der Waals surface area contributed by atoms with Gasteiger partial charge in [0, 0.05) is 3.57 Å². The van der Waals surface area contributed by atoms with E-state index in [1.165, 1.54) is 0 Å². The van der Waals surface area contributed by atoms with Gasteiger partial charge in [-0.15, -0.1) is 0 Å². The summed E-state index contributed by atoms with van der Waals surface area (Å²) in [4.78, 5) is 10.7. The van der Waals surface area contributed by atoms with Gasteiger partial charge in [0.1, 0.15) is 0 Å². The summed E-state index contributed by atoms with van der Waals surface area (Å²) in [7, 11) is 0. The average molecular weight is 320 g/mol. The third-order valence-corrected chi connectivity index (χ3v) is 2.88. The molecule has 0 radical (unpaired) electrons. The van der Waals surface area contributed by atoms with Crippen LogP contribution in [-0.2, 0) is 11.3 Å². The van der Waals surface area contributed by atoms with Crippen LogP contribution in [0.2, 0.25) is 0 Å². The molecule has 0 aliphatic rings. The van der Waals surface area contributed by atoms with Gasteiger partial charge in [0.2, 0.25) is 0 Å². The van der Waals surface area contributed by atoms with Gasteiger partial charge in [-0.2, -0.15) is 0 Å². The molecule has 4 heteroatoms. The fraction of sp³-hybridized carbons (Fsp3) is 0.364. The van der Waals surface area contributed by atoms with Gasteiger partial charge in [0.15, 0.2) is 0 Å². The maximum absolute atomic E-state index is 10.7. The lowest BCUT2D eigenvalue weighted by molar-refractivity contribution is 0.0649. The maximum atomic E-state index is 10.7. The molecule has 0 saturated heterocycles. The Kier molecular flexibility index (Phi) is 4.53. The van der Waals surface area contributed by atoms with E-state index >= 15 is 0 Å². The zero-order chi connectivity index (χ0) is 11.4. The van der Waals surface area contributed by atoms with Crippen molar-refractivity contribution < 1.29 is 14.6 Å². The highest BCUT2D eigenvalue weighted by Gasteiger charge is 2.07. The normalized spacial score (nSPS) is 10.7. The molecule has 1 aromatic carbocycles. The minimum Gasteiger partial charge on any atom is -0.478 e. The molecule has 0 fully saturated rings. The average Bonchev–Trinajstić information content (AvgIpc) is 2.15. The Hall–Kier alpha value is -0.620. The third kappa shape index (κ3) is 3.79. The fourth-order valence-corrected chi connectivity index (χ4v) is 1.72. The molecule has 0 aromatic heterocycles. The lowest BCUT2D eigenvalue weighted by Gasteiger charge is -2.09. The first-order chi connectivity index (χ1) is 7.00. The Bertz CT molecular complexity index is 361. The molecule has 0 spiro atoms. The SMILES string of the molecule is CC(C)OCc1ccc(C(=O)O)cc1I. The smallest absolute Gasteiger partial charge is 0.335 e. The predicted octanol–water partition coefficient (Wildman–Crippen LogP) is 2.91. The van der Waals surface area contributed by atoms with Crippen molar-refractivity contribution in [3.8, 4) is 0 Å². The molecule has 1 rings (SSSR count). The molecule has 0 saturated carbocycles. The van der Waals surface area contributed by atoms with Gasteiger partial charge in [-0.05, 0) is 54.1 Å². The lowest BCUT2D eigenvalue weighted by Crippen LogP contribution is -2.04. The lowest BCUT2D eigenvalue weighted by atomic mass is 10.1. The third-order valence-electron chi connectivity index (χ3n) is 1.87. The number of halogens is 1. The second kappa shape index (κ2) is 5.46. The van der Waals surface area contributed by atoms with E-state index in [0.717, 1.165) is 9.13 Å². The van der Waals surface area contributed by atoms with Crippen molar-refractivity contribution in [1.29, 1.82) is 0 Å². The van der Waals surface area contributed by atoms with Crippen molar-refractivity contribution in [2.45, 2.75) is 26.6 Å². The van der Waals surface area contributed by atoms with Crippen molar-refractivity contribution in [3.05, 3.63) is 32.9 Å². The molecule has 15 heavy (non-hydrogen) atoms. The predicted molar refractivity (Wildman–Crippen MR) is 66.0 cm³/mol. The van der Waals surface area contributed by atoms with Gasteiger partial charge in [0.05, 0.1) is 18.3 Å². The van der Waals surface area contributed by atoms with Gasteiger partial charge in [-0.3, -0.25) is 0 Å². The fourth-order valence-electron chi connectivity index (χ4n) is 1.05. The number of carbonyl (C=O) groups is 1. The molecule has 1 N–H and O–H groups in total. The topological polar surface area (TPSA) is 46.5 Å². The van der Waals surface area contributed by atoms with Crippen molar-refractivity contribution in [2.24, 2.45) is 0 Å². The first kappa shape index (κ1) is 12.4. The van der Waals surface area contributed by atoms with E-state index in [0.29, 0.717) is 12.2 Å². The highest BCUT2D eigenvalue weighted by atomic mass is 127. The summed E-state index contributed by atoms with van der Waals surface area (Å²) in [6.07, 6.45) is 0.181. The largest absolute Gasteiger partial charge is 0.478 e. The summed E-state index contributed by atoms with van der Waals surface area (Å²) in [5, 5.41) is 8.78. The number of aromatic carboxylic acids is 1. The van der Waals surface area contributed by atoms with Crippen molar-refractivity contribution in [3.63, 3.8) is 0 Å². The monoisotopic (exact) mass is 320 g/mol. The molecule has 0 amide bonds. The van der Waals surface area contributed by atoms with E-state index in [9.17, 15) is 4.79 Å². The minimum atomic E-state index is -0.899. The second-order valence-electron chi connectivity index (χ2n) is 3.47. The highest BCUT2D eigenvalue weighted by molar-refractivity contribution is 14.1. The zero-order valence-corrected chi connectivity index (χ0v) is 10.8. The van der Waals surface area contributed by atoms with E-state index in [1.54, 1.807) is 18.2 Å². The Morgan fingerprint density at radius 2 is 2.20 bits per heavy atom. The minimum absolute atomic E-state index is 0.181. The van der Waals surface area contributed by atoms with Crippen LogP contribution in [0.5, 0.6) is 0 Å². The van der Waals surface area contributed by atoms with Crippen LogP contribution in [0.1, 0.15) is 29.8 Å². The van der Waals surface area contributed by atoms with E-state index < -0.39 is 5.97 Å². The molecule has 0 heterocycles. The summed E-state index contributed by atoms with van der Waals surface area (Å²) in [6, 6.07) is 5.05. The quantitative estimate of drug-likeness (QED) is 0.868. The molecule has 0 atom stereocenters. The van der Waals surface area contributed by atoms with Crippen LogP contribution in [0.15, 0.2) is 18.2 Å². The van der Waals surface area contributed by atoms with Crippen LogP contribution in [0, 0.1) is 3.57 Å². The number of ether oxygens (including phenoxy) is 1. The standard InChI is InChI=1S/C11H13IO3/c1-7(2)15-6-9-4-3-8(11(13)14)5-10(9)12/h3-5,7H,6H2,1-2H3,(H,13,14). The number of benzene rings is 1. The number of hydrogen-bond donors (Lipinski definition) is 1. The zero-order valence-electron chi connectivity index (χ0n) is 8.66. The Morgan fingerprint density at radius 1 is 1.53 bits per heavy atom. The van der Waals surface area contributed by atoms with E-state index in [4.69, 9.17) is 9.84 Å². The molecule has 0 bridgehead atoms. The van der Waals surface area contributed by atoms with Gasteiger partial charge in [-0.25, -0.2) is 4.79 Å². The van der Waals surface area contributed by atoms with Crippen LogP contribution in [0.3, 0.4) is 0 Å². The van der Waals surface area contributed by atoms with E-state index in [2.05, 4.69) is 22.6 Å². The van der Waals surface area contributed by atoms with Gasteiger partial charge < -0.3 is 9.84 Å². The summed E-state index contributed by atoms with van der Waals surface area (Å²) in [6.45, 7) is 4.47. The second-order valence-corrected chi connectivity index (χ2v) is 4.63. The van der Waals surface area contributed by atoms with Crippen molar-refractivity contribution >= 4 is 28.6 Å². The number of rotatable bonds is 4. The Morgan fingerprint density at radius 3 is 2.67 bits per heavy atom. The number of hydrogen-bond acceptors (Lipinski definition) is 2. The van der Waals surface area contributed by atoms with Crippen LogP contribution in [0.25, 0.3) is 0 Å². The van der Waals surface area contributed by atoms with Crippen LogP contribution >= 0.6 is 22.6 Å². The molecule has 0 aliphatic heterocycles. The number of carboxylic acid groups (broad SMARTS) is 1. The first-order valence-electron chi connectivity index (χ1n) is 4.64. The molecule has 82 valence electrons. The number of carboxylic acids is 1. The van der Waals surface area contributed by atoms with Gasteiger partial charge >= 0.3 is 5.97 Å². The molecule has 1 aromatic rings. The van der Waals surface area contributed by atoms with E-state index in [-0.39, 0.29) is 6.10 Å². The molecule has 3 nitrogen and oxygen atoms in total. The van der Waals surface area contributed by atoms with E-state index in [1.807, 2.05) is 13.8 Å². The molecule has 0 unspecified atom stereocenters. The highest BCUT2D eigenvalue weighted by Crippen LogP contribution is 2.16. The van der Waals surface area contributed by atoms with Crippen LogP contribution in [0.4, 0.5) is 0 Å². The molecular weight excluding hydrogens is 307 g/mol. The van der Waals surface area contributed by atoms with Crippen LogP contribution in [-0.4, -0.2) is 17.2 Å². The molecule has 0 aliphatic carbocycles. The van der Waals surface area contributed by atoms with Crippen molar-refractivity contribution in [2.75, 3.05) is 0 Å². The Labute approximate surface area is 103 Å².